The van der Waals surface area contributed by atoms with Crippen molar-refractivity contribution in [1.29, 1.82) is 0 Å². The zero-order valence-electron chi connectivity index (χ0n) is 13.6. The minimum atomic E-state index is -0.272. The van der Waals surface area contributed by atoms with E-state index in [2.05, 4.69) is 5.73 Å². The first-order valence-corrected chi connectivity index (χ1v) is 6.56. The predicted octanol–water partition coefficient (Wildman–Crippen LogP) is 0.183. The van der Waals surface area contributed by atoms with Gasteiger partial charge >= 0.3 is 0 Å². The van der Waals surface area contributed by atoms with Crippen LogP contribution in [-0.2, 0) is 18.9 Å². The molecule has 0 amide bonds. The summed E-state index contributed by atoms with van der Waals surface area (Å²) in [7, 11) is 6.46. The van der Waals surface area contributed by atoms with E-state index in [0.717, 1.165) is 12.8 Å². The second kappa shape index (κ2) is 16.8. The smallest absolute Gasteiger partial charge is 0.183 e. The molecule has 7 heteroatoms. The highest BCUT2D eigenvalue weighted by Crippen LogP contribution is 2.24. The highest BCUT2D eigenvalue weighted by atomic mass is 16.7. The number of rotatable bonds is 4. The van der Waals surface area contributed by atoms with Crippen molar-refractivity contribution < 1.29 is 31.0 Å². The van der Waals surface area contributed by atoms with Gasteiger partial charge in [0.1, 0.15) is 6.10 Å². The zero-order chi connectivity index (χ0) is 15.3. The molecule has 1 fully saturated rings. The van der Waals surface area contributed by atoms with E-state index in [0.29, 0.717) is 6.61 Å². The maximum Gasteiger partial charge on any atom is 0.183 e. The fourth-order valence-electron chi connectivity index (χ4n) is 1.62. The van der Waals surface area contributed by atoms with Crippen LogP contribution >= 0.6 is 0 Å². The first-order valence-electron chi connectivity index (χ1n) is 6.56. The van der Waals surface area contributed by atoms with Gasteiger partial charge in [-0.15, -0.1) is 0 Å². The van der Waals surface area contributed by atoms with E-state index in [-0.39, 0.29) is 31.5 Å². The SMILES string of the molecule is CCCO.CN.CO[C@@H]1O[C@@H](C)[C@H](OC)C[C@H]1OC.O.[HH]. The summed E-state index contributed by atoms with van der Waals surface area (Å²) in [6.07, 6.45) is 1.53. The van der Waals surface area contributed by atoms with Gasteiger partial charge in [-0.3, -0.25) is 0 Å². The van der Waals surface area contributed by atoms with Gasteiger partial charge in [-0.2, -0.15) is 0 Å². The third kappa shape index (κ3) is 9.60. The molecule has 7 nitrogen and oxygen atoms in total. The van der Waals surface area contributed by atoms with Gasteiger partial charge in [0.15, 0.2) is 6.29 Å². The lowest BCUT2D eigenvalue weighted by Crippen LogP contribution is -2.48. The van der Waals surface area contributed by atoms with E-state index < -0.39 is 0 Å². The van der Waals surface area contributed by atoms with Gasteiger partial charge in [-0.1, -0.05) is 6.92 Å². The number of hydrogen-bond donors (Lipinski definition) is 2. The van der Waals surface area contributed by atoms with Crippen LogP contribution < -0.4 is 5.73 Å². The number of methoxy groups -OCH3 is 3. The Bertz CT molecular complexity index is 188. The first kappa shape index (κ1) is 24.7. The van der Waals surface area contributed by atoms with Crippen LogP contribution in [0.25, 0.3) is 0 Å². The van der Waals surface area contributed by atoms with Crippen LogP contribution in [0.15, 0.2) is 0 Å². The first-order chi connectivity index (χ1) is 9.14. The predicted molar refractivity (Wildman–Crippen MR) is 80.8 cm³/mol. The van der Waals surface area contributed by atoms with Crippen LogP contribution in [0.3, 0.4) is 0 Å². The second-order valence-electron chi connectivity index (χ2n) is 3.95. The molecule has 1 aliphatic rings. The monoisotopic (exact) mass is 301 g/mol. The molecule has 1 heterocycles. The Balaban J connectivity index is -0.000000158. The lowest BCUT2D eigenvalue weighted by Gasteiger charge is -2.37. The summed E-state index contributed by atoms with van der Waals surface area (Å²) in [5, 5.41) is 7.88. The average Bonchev–Trinajstić information content (AvgIpc) is 2.49. The van der Waals surface area contributed by atoms with Crippen molar-refractivity contribution in [2.24, 2.45) is 5.73 Å². The van der Waals surface area contributed by atoms with Crippen LogP contribution in [0.2, 0.25) is 0 Å². The van der Waals surface area contributed by atoms with E-state index in [1.807, 2.05) is 13.8 Å². The standard InChI is InChI=1S/C9H18O4.C3H8O.CH5N.H2O.H2/c1-6-7(10-2)5-8(11-3)9(12-4)13-6;1-2-3-4;1-2;;/h6-9H,5H2,1-4H3;4H,2-3H2,1H3;2H2,1H3;1H2;1H/t6-,7+,8+,9+;;;;/m0..../s1. The Morgan fingerprint density at radius 1 is 1.15 bits per heavy atom. The summed E-state index contributed by atoms with van der Waals surface area (Å²) >= 11 is 0. The molecule has 0 aromatic heterocycles. The molecule has 0 aliphatic carbocycles. The van der Waals surface area contributed by atoms with E-state index >= 15 is 0 Å². The summed E-state index contributed by atoms with van der Waals surface area (Å²) in [4.78, 5) is 0. The molecule has 0 aromatic carbocycles. The normalized spacial score (nSPS) is 28.2. The average molecular weight is 301 g/mol. The Morgan fingerprint density at radius 3 is 1.90 bits per heavy atom. The van der Waals surface area contributed by atoms with E-state index in [1.165, 1.54) is 7.05 Å². The van der Waals surface area contributed by atoms with Gasteiger partial charge in [0.2, 0.25) is 0 Å². The summed E-state index contributed by atoms with van der Waals surface area (Å²) in [6, 6.07) is 0. The van der Waals surface area contributed by atoms with Crippen molar-refractivity contribution in [1.82, 2.24) is 0 Å². The highest BCUT2D eigenvalue weighted by Gasteiger charge is 2.36. The Hall–Kier alpha value is -0.280. The maximum atomic E-state index is 7.88. The lowest BCUT2D eigenvalue weighted by molar-refractivity contribution is -0.260. The molecule has 0 aromatic rings. The second-order valence-corrected chi connectivity index (χ2v) is 3.95. The third-order valence-corrected chi connectivity index (χ3v) is 2.70. The highest BCUT2D eigenvalue weighted by molar-refractivity contribution is 4.80. The molecule has 20 heavy (non-hydrogen) atoms. The Kier molecular flexibility index (Phi) is 20.7. The molecule has 1 aliphatic heterocycles. The molecular weight excluding hydrogens is 266 g/mol. The Morgan fingerprint density at radius 2 is 1.60 bits per heavy atom. The van der Waals surface area contributed by atoms with E-state index in [4.69, 9.17) is 24.1 Å². The molecule has 0 unspecified atom stereocenters. The zero-order valence-corrected chi connectivity index (χ0v) is 13.6. The van der Waals surface area contributed by atoms with Crippen molar-refractivity contribution in [3.05, 3.63) is 0 Å². The number of nitrogens with two attached hydrogens (primary N) is 1. The van der Waals surface area contributed by atoms with Crippen molar-refractivity contribution in [3.63, 3.8) is 0 Å². The van der Waals surface area contributed by atoms with Gasteiger partial charge in [0, 0.05) is 35.8 Å². The lowest BCUT2D eigenvalue weighted by atomic mass is 10.0. The molecule has 1 rings (SSSR count). The molecule has 0 saturated carbocycles. The molecule has 128 valence electrons. The van der Waals surface area contributed by atoms with Gasteiger partial charge < -0.3 is 35.3 Å². The summed E-state index contributed by atoms with van der Waals surface area (Å²) < 4.78 is 21.2. The number of aliphatic hydroxyl groups is 1. The van der Waals surface area contributed by atoms with E-state index in [1.54, 1.807) is 21.3 Å². The largest absolute Gasteiger partial charge is 0.412 e. The number of aliphatic hydroxyl groups excluding tert-OH is 1. The quantitative estimate of drug-likeness (QED) is 0.765. The van der Waals surface area contributed by atoms with Crippen molar-refractivity contribution in [2.75, 3.05) is 35.0 Å². The van der Waals surface area contributed by atoms with Crippen molar-refractivity contribution in [3.8, 4) is 0 Å². The minimum absolute atomic E-state index is 0. The third-order valence-electron chi connectivity index (χ3n) is 2.70. The van der Waals surface area contributed by atoms with Crippen molar-refractivity contribution in [2.45, 2.75) is 51.3 Å². The molecule has 0 bridgehead atoms. The van der Waals surface area contributed by atoms with Crippen molar-refractivity contribution >= 4 is 0 Å². The summed E-state index contributed by atoms with van der Waals surface area (Å²) in [6.45, 7) is 4.23. The molecule has 4 atom stereocenters. The summed E-state index contributed by atoms with van der Waals surface area (Å²) in [5.41, 5.74) is 4.50. The molecular formula is C13H35NO6. The Labute approximate surface area is 124 Å². The molecule has 0 radical (unpaired) electrons. The van der Waals surface area contributed by atoms with Gasteiger partial charge in [-0.25, -0.2) is 0 Å². The van der Waals surface area contributed by atoms with Crippen LogP contribution in [0, 0.1) is 0 Å². The van der Waals surface area contributed by atoms with Gasteiger partial charge in [0.05, 0.1) is 12.2 Å². The van der Waals surface area contributed by atoms with E-state index in [9.17, 15) is 0 Å². The molecule has 5 N–H and O–H groups in total. The number of hydrogen-bond acceptors (Lipinski definition) is 6. The minimum Gasteiger partial charge on any atom is -0.412 e. The van der Waals surface area contributed by atoms with Crippen LogP contribution in [0.1, 0.15) is 28.1 Å². The van der Waals surface area contributed by atoms with Gasteiger partial charge in [-0.05, 0) is 20.4 Å². The van der Waals surface area contributed by atoms with Crippen LogP contribution in [0.4, 0.5) is 0 Å². The molecule has 0 spiro atoms. The van der Waals surface area contributed by atoms with Crippen LogP contribution in [0.5, 0.6) is 0 Å². The topological polar surface area (TPSA) is 115 Å². The van der Waals surface area contributed by atoms with Crippen LogP contribution in [-0.4, -0.2) is 70.2 Å². The van der Waals surface area contributed by atoms with Gasteiger partial charge in [0.25, 0.3) is 0 Å². The summed E-state index contributed by atoms with van der Waals surface area (Å²) in [5.74, 6) is 0. The fraction of sp³-hybridized carbons (Fsp3) is 1.00. The maximum absolute atomic E-state index is 7.88. The molecule has 1 saturated heterocycles. The fourth-order valence-corrected chi connectivity index (χ4v) is 1.62. The number of ether oxygens (including phenoxy) is 4.